The zero-order chi connectivity index (χ0) is 18.7. The molecule has 2 aliphatic rings. The molecule has 2 fully saturated rings. The molecule has 0 N–H and O–H groups in total. The summed E-state index contributed by atoms with van der Waals surface area (Å²) in [6.45, 7) is 0.385. The molecule has 0 spiro atoms. The summed E-state index contributed by atoms with van der Waals surface area (Å²) >= 11 is 0. The number of esters is 1. The number of sulfonamides is 1. The second kappa shape index (κ2) is 7.84. The van der Waals surface area contributed by atoms with Gasteiger partial charge in [-0.25, -0.2) is 12.8 Å². The second-order valence-electron chi connectivity index (χ2n) is 6.77. The van der Waals surface area contributed by atoms with Crippen molar-refractivity contribution < 1.29 is 27.1 Å². The van der Waals surface area contributed by atoms with Crippen molar-refractivity contribution in [2.24, 2.45) is 5.92 Å². The molecule has 0 aromatic heterocycles. The Balaban J connectivity index is 1.57. The topological polar surface area (TPSA) is 80.8 Å². The van der Waals surface area contributed by atoms with Crippen LogP contribution >= 0.6 is 0 Å². The summed E-state index contributed by atoms with van der Waals surface area (Å²) in [7, 11) is -3.70. The molecule has 1 aromatic carbocycles. The number of hydrogen-bond acceptors (Lipinski definition) is 5. The Morgan fingerprint density at radius 1 is 1.08 bits per heavy atom. The van der Waals surface area contributed by atoms with Crippen molar-refractivity contribution in [3.8, 4) is 0 Å². The van der Waals surface area contributed by atoms with Gasteiger partial charge in [-0.3, -0.25) is 9.59 Å². The number of halogens is 1. The van der Waals surface area contributed by atoms with Crippen LogP contribution in [0.1, 0.15) is 38.5 Å². The standard InChI is InChI=1S/C18H22FNO5S/c19-14-5-7-15(8-6-14)26(23,24)20-11-9-13(10-12-20)18(22)25-17-4-2-1-3-16(17)21/h5-8,13,17H,1-4,9-12H2/t17-/m0/s1. The van der Waals surface area contributed by atoms with Crippen LogP contribution in [0, 0.1) is 11.7 Å². The number of piperidine rings is 1. The number of Topliss-reactive ketones (excluding diaryl/α,β-unsaturated/α-hetero) is 1. The van der Waals surface area contributed by atoms with E-state index in [9.17, 15) is 22.4 Å². The van der Waals surface area contributed by atoms with E-state index >= 15 is 0 Å². The van der Waals surface area contributed by atoms with Gasteiger partial charge in [0.05, 0.1) is 10.8 Å². The molecular formula is C18H22FNO5S. The lowest BCUT2D eigenvalue weighted by molar-refractivity contribution is -0.161. The number of hydrogen-bond donors (Lipinski definition) is 0. The maximum absolute atomic E-state index is 13.0. The first-order valence-corrected chi connectivity index (χ1v) is 10.3. The van der Waals surface area contributed by atoms with Crippen LogP contribution in [-0.2, 0) is 24.3 Å². The Morgan fingerprint density at radius 3 is 2.35 bits per heavy atom. The Bertz CT molecular complexity index is 769. The maximum Gasteiger partial charge on any atom is 0.309 e. The molecule has 142 valence electrons. The van der Waals surface area contributed by atoms with E-state index in [2.05, 4.69) is 0 Å². The van der Waals surface area contributed by atoms with Crippen LogP contribution in [0.15, 0.2) is 29.2 Å². The van der Waals surface area contributed by atoms with Gasteiger partial charge < -0.3 is 4.74 Å². The molecule has 1 saturated carbocycles. The Morgan fingerprint density at radius 2 is 1.73 bits per heavy atom. The number of rotatable bonds is 4. The van der Waals surface area contributed by atoms with E-state index in [-0.39, 0.29) is 23.8 Å². The average molecular weight is 383 g/mol. The van der Waals surface area contributed by atoms with Crippen LogP contribution in [0.3, 0.4) is 0 Å². The molecule has 1 heterocycles. The molecule has 0 amide bonds. The molecule has 0 radical (unpaired) electrons. The predicted octanol–water partition coefficient (Wildman–Crippen LogP) is 2.28. The van der Waals surface area contributed by atoms with Gasteiger partial charge in [-0.2, -0.15) is 4.31 Å². The third kappa shape index (κ3) is 4.12. The van der Waals surface area contributed by atoms with Gasteiger partial charge in [-0.1, -0.05) is 0 Å². The average Bonchev–Trinajstić information content (AvgIpc) is 2.64. The van der Waals surface area contributed by atoms with E-state index in [1.54, 1.807) is 0 Å². The van der Waals surface area contributed by atoms with Crippen molar-refractivity contribution in [3.63, 3.8) is 0 Å². The largest absolute Gasteiger partial charge is 0.454 e. The lowest BCUT2D eigenvalue weighted by Crippen LogP contribution is -2.41. The number of nitrogens with zero attached hydrogens (tertiary/aromatic N) is 1. The van der Waals surface area contributed by atoms with Gasteiger partial charge in [0.1, 0.15) is 5.82 Å². The molecule has 0 unspecified atom stereocenters. The minimum Gasteiger partial charge on any atom is -0.454 e. The monoisotopic (exact) mass is 383 g/mol. The van der Waals surface area contributed by atoms with Gasteiger partial charge in [0, 0.05) is 19.5 Å². The van der Waals surface area contributed by atoms with Crippen LogP contribution in [0.4, 0.5) is 4.39 Å². The highest BCUT2D eigenvalue weighted by Crippen LogP contribution is 2.26. The molecule has 26 heavy (non-hydrogen) atoms. The van der Waals surface area contributed by atoms with Crippen molar-refractivity contribution >= 4 is 21.8 Å². The fraction of sp³-hybridized carbons (Fsp3) is 0.556. The Kier molecular flexibility index (Phi) is 5.72. The zero-order valence-corrected chi connectivity index (χ0v) is 15.2. The summed E-state index contributed by atoms with van der Waals surface area (Å²) < 4.78 is 44.8. The fourth-order valence-electron chi connectivity index (χ4n) is 3.40. The van der Waals surface area contributed by atoms with E-state index in [1.165, 1.54) is 16.4 Å². The number of carbonyl (C=O) groups excluding carboxylic acids is 2. The summed E-state index contributed by atoms with van der Waals surface area (Å²) in [5.41, 5.74) is 0. The fourth-order valence-corrected chi connectivity index (χ4v) is 4.87. The minimum absolute atomic E-state index is 0.0269. The van der Waals surface area contributed by atoms with E-state index < -0.39 is 33.8 Å². The maximum atomic E-state index is 13.0. The molecule has 3 rings (SSSR count). The zero-order valence-electron chi connectivity index (χ0n) is 14.4. The van der Waals surface area contributed by atoms with Crippen LogP contribution in [0.2, 0.25) is 0 Å². The molecule has 1 aliphatic carbocycles. The molecule has 1 aliphatic heterocycles. The van der Waals surface area contributed by atoms with Gasteiger partial charge in [0.15, 0.2) is 11.9 Å². The Labute approximate surface area is 152 Å². The van der Waals surface area contributed by atoms with Crippen LogP contribution < -0.4 is 0 Å². The van der Waals surface area contributed by atoms with Gasteiger partial charge in [0.2, 0.25) is 10.0 Å². The van der Waals surface area contributed by atoms with Crippen molar-refractivity contribution in [3.05, 3.63) is 30.1 Å². The Hall–Kier alpha value is -1.80. The van der Waals surface area contributed by atoms with Crippen LogP contribution in [0.25, 0.3) is 0 Å². The quantitative estimate of drug-likeness (QED) is 0.745. The van der Waals surface area contributed by atoms with Gasteiger partial charge in [-0.15, -0.1) is 0 Å². The smallest absolute Gasteiger partial charge is 0.309 e. The summed E-state index contributed by atoms with van der Waals surface area (Å²) in [4.78, 5) is 24.1. The highest BCUT2D eigenvalue weighted by atomic mass is 32.2. The first-order chi connectivity index (χ1) is 12.4. The number of carbonyl (C=O) groups is 2. The SMILES string of the molecule is O=C(O[C@H]1CCCCC1=O)C1CCN(S(=O)(=O)c2ccc(F)cc2)CC1. The molecule has 6 nitrogen and oxygen atoms in total. The predicted molar refractivity (Wildman–Crippen MR) is 91.2 cm³/mol. The first kappa shape index (κ1) is 19.0. The summed E-state index contributed by atoms with van der Waals surface area (Å²) in [6, 6.07) is 4.69. The number of benzene rings is 1. The van der Waals surface area contributed by atoms with Gasteiger partial charge in [0.25, 0.3) is 0 Å². The van der Waals surface area contributed by atoms with Gasteiger partial charge in [-0.05, 0) is 56.4 Å². The summed E-state index contributed by atoms with van der Waals surface area (Å²) in [5, 5.41) is 0. The second-order valence-corrected chi connectivity index (χ2v) is 8.71. The molecule has 1 atom stereocenters. The van der Waals surface area contributed by atoms with Crippen LogP contribution in [0.5, 0.6) is 0 Å². The van der Waals surface area contributed by atoms with E-state index in [1.807, 2.05) is 0 Å². The van der Waals surface area contributed by atoms with Gasteiger partial charge >= 0.3 is 5.97 Å². The molecule has 0 bridgehead atoms. The normalized spacial score (nSPS) is 23.0. The van der Waals surface area contributed by atoms with Crippen molar-refractivity contribution in [2.75, 3.05) is 13.1 Å². The summed E-state index contributed by atoms with van der Waals surface area (Å²) in [5.74, 6) is -1.34. The molecule has 8 heteroatoms. The third-order valence-electron chi connectivity index (χ3n) is 5.00. The van der Waals surface area contributed by atoms with E-state index in [4.69, 9.17) is 4.74 Å². The number of ether oxygens (including phenoxy) is 1. The molecular weight excluding hydrogens is 361 g/mol. The lowest BCUT2D eigenvalue weighted by atomic mass is 9.95. The first-order valence-electron chi connectivity index (χ1n) is 8.87. The van der Waals surface area contributed by atoms with Crippen molar-refractivity contribution in [2.45, 2.75) is 49.5 Å². The minimum atomic E-state index is -3.70. The molecule has 1 aromatic rings. The van der Waals surface area contributed by atoms with E-state index in [0.717, 1.165) is 25.0 Å². The van der Waals surface area contributed by atoms with Crippen LogP contribution in [-0.4, -0.2) is 43.7 Å². The number of ketones is 1. The van der Waals surface area contributed by atoms with Crippen molar-refractivity contribution in [1.82, 2.24) is 4.31 Å². The third-order valence-corrected chi connectivity index (χ3v) is 6.91. The van der Waals surface area contributed by atoms with Crippen molar-refractivity contribution in [1.29, 1.82) is 0 Å². The lowest BCUT2D eigenvalue weighted by Gasteiger charge is -2.31. The highest BCUT2D eigenvalue weighted by Gasteiger charge is 2.35. The molecule has 1 saturated heterocycles. The highest BCUT2D eigenvalue weighted by molar-refractivity contribution is 7.89. The van der Waals surface area contributed by atoms with E-state index in [0.29, 0.717) is 25.7 Å². The summed E-state index contributed by atoms with van der Waals surface area (Å²) in [6.07, 6.45) is 2.79.